The Morgan fingerprint density at radius 2 is 2.20 bits per heavy atom. The fourth-order valence-electron chi connectivity index (χ4n) is 1.45. The molecule has 0 aliphatic carbocycles. The molecule has 0 unspecified atom stereocenters. The molecule has 84 valence electrons. The number of halogens is 1. The summed E-state index contributed by atoms with van der Waals surface area (Å²) < 4.78 is 1.00. The fraction of sp³-hybridized carbons (Fsp3) is 0.545. The van der Waals surface area contributed by atoms with Crippen LogP contribution >= 0.6 is 15.9 Å². The third kappa shape index (κ3) is 4.18. The highest BCUT2D eigenvalue weighted by atomic mass is 79.9. The van der Waals surface area contributed by atoms with Gasteiger partial charge in [0.15, 0.2) is 0 Å². The van der Waals surface area contributed by atoms with E-state index in [1.54, 1.807) is 0 Å². The molecule has 0 aliphatic heterocycles. The van der Waals surface area contributed by atoms with E-state index in [1.807, 2.05) is 18.3 Å². The second kappa shape index (κ2) is 6.08. The van der Waals surface area contributed by atoms with Crippen LogP contribution in [-0.2, 0) is 0 Å². The average molecular weight is 272 g/mol. The van der Waals surface area contributed by atoms with Gasteiger partial charge >= 0.3 is 0 Å². The van der Waals surface area contributed by atoms with Crippen molar-refractivity contribution in [3.63, 3.8) is 0 Å². The minimum Gasteiger partial charge on any atom is -0.355 e. The van der Waals surface area contributed by atoms with Crippen LogP contribution in [0.5, 0.6) is 0 Å². The highest BCUT2D eigenvalue weighted by Crippen LogP contribution is 2.15. The summed E-state index contributed by atoms with van der Waals surface area (Å²) in [5.41, 5.74) is 5.59. The van der Waals surface area contributed by atoms with E-state index < -0.39 is 0 Å². The van der Waals surface area contributed by atoms with E-state index in [2.05, 4.69) is 39.7 Å². The zero-order valence-corrected chi connectivity index (χ0v) is 10.9. The van der Waals surface area contributed by atoms with Crippen LogP contribution in [0.25, 0.3) is 0 Å². The van der Waals surface area contributed by atoms with Crippen molar-refractivity contribution in [1.29, 1.82) is 0 Å². The van der Waals surface area contributed by atoms with Crippen LogP contribution in [0.1, 0.15) is 13.8 Å². The maximum atomic E-state index is 5.59. The van der Waals surface area contributed by atoms with Crippen molar-refractivity contribution < 1.29 is 0 Å². The molecule has 0 aliphatic rings. The van der Waals surface area contributed by atoms with E-state index in [0.717, 1.165) is 23.4 Å². The minimum atomic E-state index is 0.613. The van der Waals surface area contributed by atoms with Gasteiger partial charge in [0.25, 0.3) is 0 Å². The molecule has 0 fully saturated rings. The van der Waals surface area contributed by atoms with Gasteiger partial charge in [-0.2, -0.15) is 0 Å². The molecule has 1 rings (SSSR count). The van der Waals surface area contributed by atoms with Crippen molar-refractivity contribution in [2.45, 2.75) is 13.8 Å². The molecule has 1 aromatic rings. The largest absolute Gasteiger partial charge is 0.355 e. The first kappa shape index (κ1) is 12.5. The van der Waals surface area contributed by atoms with Gasteiger partial charge in [0, 0.05) is 30.3 Å². The highest BCUT2D eigenvalue weighted by Gasteiger charge is 2.08. The van der Waals surface area contributed by atoms with Crippen LogP contribution in [0.2, 0.25) is 0 Å². The van der Waals surface area contributed by atoms with Crippen molar-refractivity contribution >= 4 is 21.7 Å². The van der Waals surface area contributed by atoms with E-state index in [1.165, 1.54) is 0 Å². The van der Waals surface area contributed by atoms with Crippen LogP contribution in [0.4, 0.5) is 5.82 Å². The van der Waals surface area contributed by atoms with Gasteiger partial charge < -0.3 is 10.6 Å². The summed E-state index contributed by atoms with van der Waals surface area (Å²) in [5, 5.41) is 0. The van der Waals surface area contributed by atoms with Crippen LogP contribution in [0, 0.1) is 5.92 Å². The Morgan fingerprint density at radius 1 is 1.47 bits per heavy atom. The number of nitrogens with zero attached hydrogens (tertiary/aromatic N) is 2. The van der Waals surface area contributed by atoms with Crippen molar-refractivity contribution in [2.24, 2.45) is 11.7 Å². The SMILES string of the molecule is CC(C)CN(CCN)c1ccc(Br)cn1. The molecule has 3 nitrogen and oxygen atoms in total. The summed E-state index contributed by atoms with van der Waals surface area (Å²) in [5.74, 6) is 1.61. The van der Waals surface area contributed by atoms with Gasteiger partial charge in [-0.05, 0) is 34.0 Å². The Balaban J connectivity index is 2.74. The first-order valence-electron chi connectivity index (χ1n) is 5.20. The Bertz CT molecular complexity index is 284. The van der Waals surface area contributed by atoms with E-state index >= 15 is 0 Å². The molecule has 0 saturated heterocycles. The zero-order chi connectivity index (χ0) is 11.3. The summed E-state index contributed by atoms with van der Waals surface area (Å²) >= 11 is 3.38. The number of pyridine rings is 1. The van der Waals surface area contributed by atoms with Crippen molar-refractivity contribution in [2.75, 3.05) is 24.5 Å². The van der Waals surface area contributed by atoms with Crippen LogP contribution < -0.4 is 10.6 Å². The minimum absolute atomic E-state index is 0.613. The number of hydrogen-bond acceptors (Lipinski definition) is 3. The summed E-state index contributed by atoms with van der Waals surface area (Å²) in [7, 11) is 0. The third-order valence-electron chi connectivity index (χ3n) is 2.02. The molecule has 15 heavy (non-hydrogen) atoms. The van der Waals surface area contributed by atoms with Gasteiger partial charge in [-0.3, -0.25) is 0 Å². The Labute approximate surface area is 99.8 Å². The van der Waals surface area contributed by atoms with Crippen LogP contribution in [0.15, 0.2) is 22.8 Å². The lowest BCUT2D eigenvalue weighted by Crippen LogP contribution is -2.33. The lowest BCUT2D eigenvalue weighted by atomic mass is 10.2. The topological polar surface area (TPSA) is 42.1 Å². The summed E-state index contributed by atoms with van der Waals surface area (Å²) in [6.07, 6.45) is 1.82. The monoisotopic (exact) mass is 271 g/mol. The van der Waals surface area contributed by atoms with Crippen LogP contribution in [-0.4, -0.2) is 24.6 Å². The molecule has 0 amide bonds. The van der Waals surface area contributed by atoms with Gasteiger partial charge in [-0.15, -0.1) is 0 Å². The molecule has 2 N–H and O–H groups in total. The van der Waals surface area contributed by atoms with E-state index in [4.69, 9.17) is 5.73 Å². The molecule has 0 radical (unpaired) electrons. The van der Waals surface area contributed by atoms with Gasteiger partial charge in [0.1, 0.15) is 5.82 Å². The Hall–Kier alpha value is -0.610. The predicted molar refractivity (Wildman–Crippen MR) is 68.0 cm³/mol. The van der Waals surface area contributed by atoms with Gasteiger partial charge in [0.2, 0.25) is 0 Å². The maximum absolute atomic E-state index is 5.59. The number of nitrogens with two attached hydrogens (primary N) is 1. The molecular weight excluding hydrogens is 254 g/mol. The Morgan fingerprint density at radius 3 is 2.67 bits per heavy atom. The van der Waals surface area contributed by atoms with E-state index in [9.17, 15) is 0 Å². The molecule has 0 spiro atoms. The third-order valence-corrected chi connectivity index (χ3v) is 2.49. The zero-order valence-electron chi connectivity index (χ0n) is 9.28. The molecule has 4 heteroatoms. The van der Waals surface area contributed by atoms with Gasteiger partial charge in [-0.25, -0.2) is 4.98 Å². The van der Waals surface area contributed by atoms with Crippen LogP contribution in [0.3, 0.4) is 0 Å². The molecular formula is C11H18BrN3. The van der Waals surface area contributed by atoms with Crippen molar-refractivity contribution in [3.05, 3.63) is 22.8 Å². The first-order valence-corrected chi connectivity index (χ1v) is 5.99. The van der Waals surface area contributed by atoms with E-state index in [-0.39, 0.29) is 0 Å². The molecule has 0 atom stereocenters. The smallest absolute Gasteiger partial charge is 0.128 e. The summed E-state index contributed by atoms with van der Waals surface area (Å²) in [6.45, 7) is 6.90. The number of anilines is 1. The predicted octanol–water partition coefficient (Wildman–Crippen LogP) is 2.27. The van der Waals surface area contributed by atoms with Gasteiger partial charge in [-0.1, -0.05) is 13.8 Å². The lowest BCUT2D eigenvalue weighted by Gasteiger charge is -2.24. The molecule has 1 aromatic heterocycles. The average Bonchev–Trinajstić information content (AvgIpc) is 2.17. The highest BCUT2D eigenvalue weighted by molar-refractivity contribution is 9.10. The maximum Gasteiger partial charge on any atom is 0.128 e. The first-order chi connectivity index (χ1) is 7.13. The number of hydrogen-bond donors (Lipinski definition) is 1. The van der Waals surface area contributed by atoms with E-state index in [0.29, 0.717) is 12.5 Å². The lowest BCUT2D eigenvalue weighted by molar-refractivity contribution is 0.607. The molecule has 0 saturated carbocycles. The number of rotatable bonds is 5. The Kier molecular flexibility index (Phi) is 5.05. The fourth-order valence-corrected chi connectivity index (χ4v) is 1.69. The summed E-state index contributed by atoms with van der Waals surface area (Å²) in [4.78, 5) is 6.59. The quantitative estimate of drug-likeness (QED) is 0.894. The molecule has 0 aromatic carbocycles. The summed E-state index contributed by atoms with van der Waals surface area (Å²) in [6, 6.07) is 4.02. The second-order valence-corrected chi connectivity index (χ2v) is 4.88. The normalized spacial score (nSPS) is 10.7. The van der Waals surface area contributed by atoms with Crippen molar-refractivity contribution in [1.82, 2.24) is 4.98 Å². The number of aromatic nitrogens is 1. The molecule has 0 bridgehead atoms. The van der Waals surface area contributed by atoms with Gasteiger partial charge in [0.05, 0.1) is 0 Å². The second-order valence-electron chi connectivity index (χ2n) is 3.96. The standard InChI is InChI=1S/C11H18BrN3/c1-9(2)8-15(6-5-13)11-4-3-10(12)7-14-11/h3-4,7,9H,5-6,8,13H2,1-2H3. The molecule has 1 heterocycles. The van der Waals surface area contributed by atoms with Crippen molar-refractivity contribution in [3.8, 4) is 0 Å².